The first-order valence-electron chi connectivity index (χ1n) is 15.7. The molecule has 0 unspecified atom stereocenters. The number of hydrogen-bond acceptors (Lipinski definition) is 11. The second-order valence-electron chi connectivity index (χ2n) is 10.7. The van der Waals surface area contributed by atoms with Gasteiger partial charge in [-0.1, -0.05) is 33.3 Å². The molecule has 3 heterocycles. The van der Waals surface area contributed by atoms with Crippen molar-refractivity contribution in [2.45, 2.75) is 33.7 Å². The molecule has 12 nitrogen and oxygen atoms in total. The Kier molecular flexibility index (Phi) is 11.6. The molecule has 14 heteroatoms. The van der Waals surface area contributed by atoms with Crippen molar-refractivity contribution in [2.24, 2.45) is 4.99 Å². The van der Waals surface area contributed by atoms with E-state index in [2.05, 4.69) is 20.9 Å². The van der Waals surface area contributed by atoms with Crippen molar-refractivity contribution >= 4 is 45.2 Å². The fourth-order valence-electron chi connectivity index (χ4n) is 5.47. The van der Waals surface area contributed by atoms with Gasteiger partial charge in [-0.3, -0.25) is 14.2 Å². The minimum atomic E-state index is -0.860. The minimum absolute atomic E-state index is 0.130. The summed E-state index contributed by atoms with van der Waals surface area (Å²) in [7, 11) is 1.54. The van der Waals surface area contributed by atoms with Crippen molar-refractivity contribution in [2.75, 3.05) is 59.8 Å². The van der Waals surface area contributed by atoms with Crippen LogP contribution in [0.3, 0.4) is 0 Å². The van der Waals surface area contributed by atoms with E-state index in [9.17, 15) is 14.4 Å². The molecule has 2 aliphatic rings. The molecule has 0 bridgehead atoms. The molecule has 0 N–H and O–H groups in total. The Balaban J connectivity index is 1.56. The summed E-state index contributed by atoms with van der Waals surface area (Å²) in [6.45, 7) is 10.0. The number of esters is 1. The lowest BCUT2D eigenvalue weighted by molar-refractivity contribution is -0.139. The Hall–Kier alpha value is -4.14. The maximum Gasteiger partial charge on any atom is 0.338 e. The summed E-state index contributed by atoms with van der Waals surface area (Å²) in [6.07, 6.45) is 1.74. The maximum absolute atomic E-state index is 14.2. The molecule has 0 aliphatic carbocycles. The van der Waals surface area contributed by atoms with Crippen LogP contribution >= 0.6 is 27.3 Å². The van der Waals surface area contributed by atoms with Crippen LogP contribution in [0.15, 0.2) is 55.9 Å². The number of rotatable bonds is 12. The molecule has 1 saturated heterocycles. The molecule has 2 aromatic carbocycles. The molecule has 1 fully saturated rings. The van der Waals surface area contributed by atoms with Crippen molar-refractivity contribution in [3.05, 3.63) is 76.9 Å². The Labute approximate surface area is 290 Å². The van der Waals surface area contributed by atoms with Crippen molar-refractivity contribution in [1.29, 1.82) is 0 Å². The van der Waals surface area contributed by atoms with Gasteiger partial charge in [-0.15, -0.1) is 0 Å². The second kappa shape index (κ2) is 15.8. The number of benzene rings is 2. The normalized spacial score (nSPS) is 16.2. The number of amides is 1. The summed E-state index contributed by atoms with van der Waals surface area (Å²) in [5.41, 5.74) is 1.64. The summed E-state index contributed by atoms with van der Waals surface area (Å²) in [5.74, 6) is 1.13. The van der Waals surface area contributed by atoms with Gasteiger partial charge in [0.2, 0.25) is 0 Å². The Morgan fingerprint density at radius 3 is 2.38 bits per heavy atom. The maximum atomic E-state index is 14.2. The first kappa shape index (κ1) is 35.2. The summed E-state index contributed by atoms with van der Waals surface area (Å²) in [5, 5.41) is 0. The van der Waals surface area contributed by atoms with E-state index in [0.717, 1.165) is 0 Å². The number of aromatic nitrogens is 1. The fourth-order valence-corrected chi connectivity index (χ4v) is 7.06. The van der Waals surface area contributed by atoms with Gasteiger partial charge >= 0.3 is 5.97 Å². The average molecular weight is 745 g/mol. The quantitative estimate of drug-likeness (QED) is 0.256. The number of methoxy groups -OCH3 is 1. The number of fused-ring (bicyclic) bond motifs is 1. The predicted molar refractivity (Wildman–Crippen MR) is 183 cm³/mol. The van der Waals surface area contributed by atoms with Crippen LogP contribution in [0, 0.1) is 0 Å². The average Bonchev–Trinajstić information content (AvgIpc) is 3.38. The molecule has 256 valence electrons. The molecule has 1 atom stereocenters. The number of carbonyl (C=O) groups is 2. The first-order valence-corrected chi connectivity index (χ1v) is 17.3. The topological polar surface area (TPSA) is 127 Å². The predicted octanol–water partition coefficient (Wildman–Crippen LogP) is 3.60. The number of halogens is 1. The fraction of sp³-hybridized carbons (Fsp3) is 0.412. The molecule has 0 spiro atoms. The van der Waals surface area contributed by atoms with E-state index in [0.29, 0.717) is 93.1 Å². The van der Waals surface area contributed by atoms with Gasteiger partial charge in [0.25, 0.3) is 11.5 Å². The summed E-state index contributed by atoms with van der Waals surface area (Å²) in [6, 6.07) is 7.93. The third-order valence-electron chi connectivity index (χ3n) is 7.67. The third kappa shape index (κ3) is 7.45. The monoisotopic (exact) mass is 743 g/mol. The van der Waals surface area contributed by atoms with Crippen molar-refractivity contribution in [3.8, 4) is 23.0 Å². The highest BCUT2D eigenvalue weighted by Gasteiger charge is 2.35. The summed E-state index contributed by atoms with van der Waals surface area (Å²) < 4.78 is 36.4. The van der Waals surface area contributed by atoms with E-state index in [1.165, 1.54) is 15.9 Å². The number of hydrogen-bond donors (Lipinski definition) is 0. The smallest absolute Gasteiger partial charge is 0.338 e. The van der Waals surface area contributed by atoms with Gasteiger partial charge in [0.05, 0.1) is 62.0 Å². The van der Waals surface area contributed by atoms with Gasteiger partial charge in [0.15, 0.2) is 34.4 Å². The van der Waals surface area contributed by atoms with E-state index >= 15 is 0 Å². The van der Waals surface area contributed by atoms with E-state index < -0.39 is 12.0 Å². The molecule has 2 aliphatic heterocycles. The van der Waals surface area contributed by atoms with Gasteiger partial charge in [0, 0.05) is 17.6 Å². The van der Waals surface area contributed by atoms with E-state index in [1.54, 1.807) is 62.3 Å². The van der Waals surface area contributed by atoms with Gasteiger partial charge in [0.1, 0.15) is 0 Å². The van der Waals surface area contributed by atoms with Crippen LogP contribution in [0.25, 0.3) is 6.08 Å². The summed E-state index contributed by atoms with van der Waals surface area (Å²) >= 11 is 4.84. The number of thiazole rings is 1. The number of allylic oxidation sites excluding steroid dienone is 1. The zero-order chi connectivity index (χ0) is 34.4. The van der Waals surface area contributed by atoms with Crippen LogP contribution in [0.1, 0.15) is 44.9 Å². The van der Waals surface area contributed by atoms with Crippen LogP contribution < -0.4 is 33.8 Å². The van der Waals surface area contributed by atoms with Crippen molar-refractivity contribution in [1.82, 2.24) is 9.47 Å². The molecule has 48 heavy (non-hydrogen) atoms. The van der Waals surface area contributed by atoms with Crippen LogP contribution in [0.2, 0.25) is 0 Å². The van der Waals surface area contributed by atoms with E-state index in [1.807, 2.05) is 13.8 Å². The van der Waals surface area contributed by atoms with Crippen LogP contribution in [-0.2, 0) is 19.1 Å². The molecular formula is C34H38BrN3O9S. The Bertz CT molecular complexity index is 1900. The largest absolute Gasteiger partial charge is 0.493 e. The molecular weight excluding hydrogens is 706 g/mol. The van der Waals surface area contributed by atoms with Gasteiger partial charge in [-0.25, -0.2) is 9.79 Å². The molecule has 0 saturated carbocycles. The highest BCUT2D eigenvalue weighted by Crippen LogP contribution is 2.41. The Morgan fingerprint density at radius 2 is 1.71 bits per heavy atom. The second-order valence-corrected chi connectivity index (χ2v) is 12.5. The number of morpholine rings is 1. The van der Waals surface area contributed by atoms with Crippen molar-refractivity contribution < 1.29 is 38.0 Å². The minimum Gasteiger partial charge on any atom is -0.493 e. The Morgan fingerprint density at radius 1 is 1.00 bits per heavy atom. The molecule has 1 amide bonds. The molecule has 1 aromatic heterocycles. The lowest BCUT2D eigenvalue weighted by atomic mass is 9.95. The SMILES string of the molecule is CCOC(=O)C1=C(C)N=c2s/c(=C/c3ccc(OCC(=O)N4CCOCC4)c(OCC)c3)c(=O)n2[C@@H]1c1cc(OCC)c(OC)cc1Br. The van der Waals surface area contributed by atoms with Crippen LogP contribution in [-0.4, -0.2) is 81.2 Å². The van der Waals surface area contributed by atoms with Gasteiger partial charge in [-0.2, -0.15) is 0 Å². The number of nitrogens with zero attached hydrogens (tertiary/aromatic N) is 3. The van der Waals surface area contributed by atoms with Gasteiger partial charge < -0.3 is 33.3 Å². The zero-order valence-corrected chi connectivity index (χ0v) is 29.9. The van der Waals surface area contributed by atoms with Crippen molar-refractivity contribution in [3.63, 3.8) is 0 Å². The van der Waals surface area contributed by atoms with E-state index in [4.69, 9.17) is 28.4 Å². The zero-order valence-electron chi connectivity index (χ0n) is 27.5. The summed E-state index contributed by atoms with van der Waals surface area (Å²) in [4.78, 5) is 47.1. The molecule has 5 rings (SSSR count). The van der Waals surface area contributed by atoms with E-state index in [-0.39, 0.29) is 30.3 Å². The lowest BCUT2D eigenvalue weighted by Crippen LogP contribution is -2.43. The standard InChI is InChI=1S/C34H38BrN3O9S/c1-6-44-26-15-21(9-10-24(26)47-19-29(39)37-11-13-43-14-12-37)16-28-32(40)38-31(22-17-27(45-7-2)25(42-5)18-23(22)35)30(33(41)46-8-3)20(4)36-34(38)48-28/h9-10,15-18,31H,6-8,11-14,19H2,1-5H3/b28-16+/t31-/m1/s1. The third-order valence-corrected chi connectivity index (χ3v) is 9.34. The molecule has 3 aromatic rings. The van der Waals surface area contributed by atoms with Crippen LogP contribution in [0.5, 0.6) is 23.0 Å². The van der Waals surface area contributed by atoms with Crippen LogP contribution in [0.4, 0.5) is 0 Å². The number of ether oxygens (including phenoxy) is 6. The first-order chi connectivity index (χ1) is 23.2. The number of carbonyl (C=O) groups excluding carboxylic acids is 2. The highest BCUT2D eigenvalue weighted by atomic mass is 79.9. The van der Waals surface area contributed by atoms with Gasteiger partial charge in [-0.05, 0) is 69.2 Å². The lowest BCUT2D eigenvalue weighted by Gasteiger charge is -2.26. The highest BCUT2D eigenvalue weighted by molar-refractivity contribution is 9.10. The molecule has 0 radical (unpaired) electrons.